The van der Waals surface area contributed by atoms with Crippen LogP contribution >= 0.6 is 11.6 Å². The smallest absolute Gasteiger partial charge is 0.368 e. The molecular formula is C9H8ClF3N6. The second-order valence-corrected chi connectivity index (χ2v) is 3.88. The molecule has 2 aromatic rings. The number of aromatic nitrogens is 5. The molecule has 0 aromatic carbocycles. The Morgan fingerprint density at radius 3 is 2.74 bits per heavy atom. The number of anilines is 1. The van der Waals surface area contributed by atoms with Crippen LogP contribution in [0.3, 0.4) is 0 Å². The van der Waals surface area contributed by atoms with Crippen LogP contribution in [0.2, 0.25) is 5.15 Å². The Morgan fingerprint density at radius 1 is 1.32 bits per heavy atom. The minimum absolute atomic E-state index is 0.00689. The Labute approximate surface area is 110 Å². The van der Waals surface area contributed by atoms with E-state index in [-0.39, 0.29) is 11.0 Å². The lowest BCUT2D eigenvalue weighted by atomic mass is 10.5. The highest BCUT2D eigenvalue weighted by Gasteiger charge is 2.35. The largest absolute Gasteiger partial charge is 0.451 e. The average molecular weight is 293 g/mol. The molecule has 0 bridgehead atoms. The van der Waals surface area contributed by atoms with Crippen LogP contribution in [-0.2, 0) is 12.7 Å². The Kier molecular flexibility index (Phi) is 3.84. The first kappa shape index (κ1) is 13.5. The number of hydrogen-bond donors (Lipinski definition) is 1. The third-order valence-electron chi connectivity index (χ3n) is 2.07. The van der Waals surface area contributed by atoms with Crippen LogP contribution < -0.4 is 5.32 Å². The summed E-state index contributed by atoms with van der Waals surface area (Å²) in [5.74, 6) is -1.27. The first-order chi connectivity index (χ1) is 8.95. The van der Waals surface area contributed by atoms with E-state index in [9.17, 15) is 13.2 Å². The summed E-state index contributed by atoms with van der Waals surface area (Å²) < 4.78 is 38.9. The number of halogens is 4. The van der Waals surface area contributed by atoms with E-state index in [4.69, 9.17) is 11.6 Å². The van der Waals surface area contributed by atoms with Gasteiger partial charge in [0.05, 0.1) is 12.7 Å². The molecule has 2 heterocycles. The van der Waals surface area contributed by atoms with Crippen molar-refractivity contribution in [1.29, 1.82) is 0 Å². The van der Waals surface area contributed by atoms with Crippen molar-refractivity contribution in [3.05, 3.63) is 29.4 Å². The molecule has 2 rings (SSSR count). The molecule has 0 aliphatic heterocycles. The number of hydrogen-bond acceptors (Lipinski definition) is 5. The predicted molar refractivity (Wildman–Crippen MR) is 60.6 cm³/mol. The van der Waals surface area contributed by atoms with Crippen LogP contribution in [0, 0.1) is 0 Å². The Hall–Kier alpha value is -1.90. The first-order valence-electron chi connectivity index (χ1n) is 5.15. The topological polar surface area (TPSA) is 68.5 Å². The van der Waals surface area contributed by atoms with E-state index in [1.54, 1.807) is 6.20 Å². The van der Waals surface area contributed by atoms with E-state index in [1.807, 2.05) is 0 Å². The average Bonchev–Trinajstić information content (AvgIpc) is 2.80. The molecule has 2 aromatic heterocycles. The minimum atomic E-state index is -4.63. The van der Waals surface area contributed by atoms with Gasteiger partial charge in [-0.2, -0.15) is 13.2 Å². The van der Waals surface area contributed by atoms with Crippen LogP contribution in [0.4, 0.5) is 19.0 Å². The minimum Gasteiger partial charge on any atom is -0.368 e. The maximum atomic E-state index is 12.5. The van der Waals surface area contributed by atoms with Crippen LogP contribution in [0.15, 0.2) is 18.5 Å². The van der Waals surface area contributed by atoms with Gasteiger partial charge >= 0.3 is 6.18 Å². The number of nitrogens with one attached hydrogen (secondary N) is 1. The highest BCUT2D eigenvalue weighted by molar-refractivity contribution is 6.29. The third-order valence-corrected chi connectivity index (χ3v) is 2.26. The molecular weight excluding hydrogens is 285 g/mol. The van der Waals surface area contributed by atoms with E-state index in [0.717, 1.165) is 0 Å². The highest BCUT2D eigenvalue weighted by atomic mass is 35.5. The van der Waals surface area contributed by atoms with Crippen molar-refractivity contribution in [2.45, 2.75) is 12.7 Å². The van der Waals surface area contributed by atoms with E-state index in [0.29, 0.717) is 13.1 Å². The summed E-state index contributed by atoms with van der Waals surface area (Å²) in [5, 5.41) is 9.75. The Morgan fingerprint density at radius 2 is 2.11 bits per heavy atom. The molecule has 0 unspecified atom stereocenters. The summed E-state index contributed by atoms with van der Waals surface area (Å²) in [7, 11) is 0. The number of alkyl halides is 3. The van der Waals surface area contributed by atoms with Crippen LogP contribution in [0.1, 0.15) is 5.82 Å². The monoisotopic (exact) mass is 292 g/mol. The molecule has 0 radical (unpaired) electrons. The summed E-state index contributed by atoms with van der Waals surface area (Å²) >= 11 is 5.52. The zero-order valence-corrected chi connectivity index (χ0v) is 10.2. The van der Waals surface area contributed by atoms with Gasteiger partial charge in [-0.15, -0.1) is 5.10 Å². The molecule has 0 spiro atoms. The van der Waals surface area contributed by atoms with E-state index in [1.165, 1.54) is 16.9 Å². The van der Waals surface area contributed by atoms with Gasteiger partial charge < -0.3 is 5.32 Å². The summed E-state index contributed by atoms with van der Waals surface area (Å²) in [4.78, 5) is 6.47. The summed E-state index contributed by atoms with van der Waals surface area (Å²) in [6.45, 7) is 0.761. The molecule has 6 nitrogen and oxygen atoms in total. The first-order valence-corrected chi connectivity index (χ1v) is 5.53. The van der Waals surface area contributed by atoms with Gasteiger partial charge in [-0.1, -0.05) is 16.8 Å². The van der Waals surface area contributed by atoms with Gasteiger partial charge in [-0.05, 0) is 0 Å². The van der Waals surface area contributed by atoms with Gasteiger partial charge in [0.15, 0.2) is 0 Å². The highest BCUT2D eigenvalue weighted by Crippen LogP contribution is 2.28. The maximum absolute atomic E-state index is 12.5. The Balaban J connectivity index is 2.02. The molecule has 0 amide bonds. The van der Waals surface area contributed by atoms with Crippen molar-refractivity contribution in [1.82, 2.24) is 25.0 Å². The predicted octanol–water partition coefficient (Wildman–Crippen LogP) is 1.85. The van der Waals surface area contributed by atoms with Crippen molar-refractivity contribution < 1.29 is 13.2 Å². The molecule has 0 saturated carbocycles. The zero-order valence-electron chi connectivity index (χ0n) is 9.39. The lowest BCUT2D eigenvalue weighted by molar-refractivity contribution is -0.144. The fourth-order valence-electron chi connectivity index (χ4n) is 1.29. The molecule has 1 N–H and O–H groups in total. The summed E-state index contributed by atoms with van der Waals surface area (Å²) in [6.07, 6.45) is -1.49. The molecule has 0 atom stereocenters. The zero-order chi connectivity index (χ0) is 13.9. The van der Waals surface area contributed by atoms with Crippen molar-refractivity contribution in [3.63, 3.8) is 0 Å². The lowest BCUT2D eigenvalue weighted by Crippen LogP contribution is -2.16. The molecule has 0 aliphatic carbocycles. The van der Waals surface area contributed by atoms with Crippen LogP contribution in [0.5, 0.6) is 0 Å². The third kappa shape index (κ3) is 3.78. The summed E-state index contributed by atoms with van der Waals surface area (Å²) in [6, 6.07) is 1.22. The molecule has 19 heavy (non-hydrogen) atoms. The lowest BCUT2D eigenvalue weighted by Gasteiger charge is -2.09. The van der Waals surface area contributed by atoms with Gasteiger partial charge in [-0.3, -0.25) is 4.68 Å². The van der Waals surface area contributed by atoms with E-state index < -0.39 is 12.0 Å². The maximum Gasteiger partial charge on any atom is 0.451 e. The summed E-state index contributed by atoms with van der Waals surface area (Å²) in [5.41, 5.74) is 0. The second kappa shape index (κ2) is 5.39. The van der Waals surface area contributed by atoms with Gasteiger partial charge in [-0.25, -0.2) is 9.97 Å². The van der Waals surface area contributed by atoms with Gasteiger partial charge in [0.2, 0.25) is 5.82 Å². The van der Waals surface area contributed by atoms with Crippen molar-refractivity contribution >= 4 is 17.4 Å². The van der Waals surface area contributed by atoms with Gasteiger partial charge in [0, 0.05) is 18.8 Å². The van der Waals surface area contributed by atoms with E-state index in [2.05, 4.69) is 25.6 Å². The molecule has 10 heteroatoms. The number of rotatable bonds is 4. The second-order valence-electron chi connectivity index (χ2n) is 3.49. The van der Waals surface area contributed by atoms with Crippen LogP contribution in [0.25, 0.3) is 0 Å². The molecule has 0 aliphatic rings. The molecule has 0 saturated heterocycles. The number of nitrogens with zero attached hydrogens (tertiary/aromatic N) is 5. The quantitative estimate of drug-likeness (QED) is 0.871. The van der Waals surface area contributed by atoms with Crippen molar-refractivity contribution in [2.75, 3.05) is 11.9 Å². The SMILES string of the molecule is FC(F)(F)c1nc(Cl)cc(NCCn2ccnn2)n1. The van der Waals surface area contributed by atoms with Gasteiger partial charge in [0.1, 0.15) is 11.0 Å². The fourth-order valence-corrected chi connectivity index (χ4v) is 1.47. The Bertz CT molecular complexity index is 541. The van der Waals surface area contributed by atoms with Gasteiger partial charge in [0.25, 0.3) is 0 Å². The standard InChI is InChI=1S/C9H8ClF3N6/c10-6-5-7(17-8(16-6)9(11,12)13)14-1-3-19-4-2-15-18-19/h2,4-5H,1,3H2,(H,14,16,17). The van der Waals surface area contributed by atoms with Crippen molar-refractivity contribution in [3.8, 4) is 0 Å². The van der Waals surface area contributed by atoms with Crippen molar-refractivity contribution in [2.24, 2.45) is 0 Å². The van der Waals surface area contributed by atoms with E-state index >= 15 is 0 Å². The van der Waals surface area contributed by atoms with Crippen LogP contribution in [-0.4, -0.2) is 31.5 Å². The molecule has 0 fully saturated rings. The molecule has 102 valence electrons. The fraction of sp³-hybridized carbons (Fsp3) is 0.333. The normalized spacial score (nSPS) is 11.6.